The van der Waals surface area contributed by atoms with Crippen molar-refractivity contribution in [2.75, 3.05) is 13.1 Å². The summed E-state index contributed by atoms with van der Waals surface area (Å²) in [4.78, 5) is 15.5. The van der Waals surface area contributed by atoms with Gasteiger partial charge < -0.3 is 10.6 Å². The van der Waals surface area contributed by atoms with E-state index in [0.29, 0.717) is 25.1 Å². The lowest BCUT2D eigenvalue weighted by atomic mass is 10.4. The van der Waals surface area contributed by atoms with Crippen LogP contribution in [0.25, 0.3) is 0 Å². The maximum Gasteiger partial charge on any atom is 0.223 e. The maximum absolute atomic E-state index is 11.3. The third-order valence-corrected chi connectivity index (χ3v) is 2.68. The highest BCUT2D eigenvalue weighted by Crippen LogP contribution is 2.28. The zero-order valence-corrected chi connectivity index (χ0v) is 9.33. The second kappa shape index (κ2) is 5.16. The molecule has 0 spiro atoms. The molecule has 0 atom stereocenters. The van der Waals surface area contributed by atoms with Crippen LogP contribution in [0.15, 0.2) is 4.99 Å². The minimum atomic E-state index is 0.160. The molecule has 6 nitrogen and oxygen atoms in total. The highest BCUT2D eigenvalue weighted by Gasteiger charge is 2.29. The Balaban J connectivity index is 1.59. The number of amides is 1. The van der Waals surface area contributed by atoms with E-state index in [1.807, 2.05) is 0 Å². The topological polar surface area (TPSA) is 91.5 Å². The van der Waals surface area contributed by atoms with Crippen molar-refractivity contribution in [1.82, 2.24) is 16.1 Å². The Morgan fingerprint density at radius 3 is 2.62 bits per heavy atom. The van der Waals surface area contributed by atoms with Crippen molar-refractivity contribution in [2.24, 2.45) is 16.8 Å². The van der Waals surface area contributed by atoms with E-state index >= 15 is 0 Å². The van der Waals surface area contributed by atoms with Gasteiger partial charge in [0.2, 0.25) is 11.9 Å². The predicted octanol–water partition coefficient (Wildman–Crippen LogP) is -0.916. The van der Waals surface area contributed by atoms with Crippen LogP contribution in [0.1, 0.15) is 25.7 Å². The molecule has 1 amide bonds. The van der Waals surface area contributed by atoms with Crippen molar-refractivity contribution in [3.05, 3.63) is 0 Å². The number of nitrogens with zero attached hydrogens (tertiary/aromatic N) is 1. The second-order valence-electron chi connectivity index (χ2n) is 4.36. The van der Waals surface area contributed by atoms with Crippen LogP contribution in [0.5, 0.6) is 0 Å². The van der Waals surface area contributed by atoms with Gasteiger partial charge in [-0.3, -0.25) is 15.2 Å². The first-order chi connectivity index (χ1) is 7.79. The number of hydrogen-bond acceptors (Lipinski definition) is 3. The van der Waals surface area contributed by atoms with Crippen molar-refractivity contribution in [3.8, 4) is 0 Å². The Morgan fingerprint density at radius 1 is 1.31 bits per heavy atom. The fourth-order valence-electron chi connectivity index (χ4n) is 1.39. The Labute approximate surface area is 95.0 Å². The molecule has 90 valence electrons. The first kappa shape index (κ1) is 11.2. The van der Waals surface area contributed by atoms with Crippen molar-refractivity contribution in [2.45, 2.75) is 31.7 Å². The lowest BCUT2D eigenvalue weighted by Gasteiger charge is -2.07. The molecule has 2 saturated carbocycles. The summed E-state index contributed by atoms with van der Waals surface area (Å²) in [5, 5.41) is 6.02. The Bertz CT molecular complexity index is 283. The molecule has 16 heavy (non-hydrogen) atoms. The van der Waals surface area contributed by atoms with Crippen molar-refractivity contribution in [1.29, 1.82) is 0 Å². The normalized spacial score (nSPS) is 20.4. The highest BCUT2D eigenvalue weighted by atomic mass is 16.2. The van der Waals surface area contributed by atoms with Crippen LogP contribution < -0.4 is 21.9 Å². The molecule has 0 aromatic heterocycles. The van der Waals surface area contributed by atoms with Crippen LogP contribution in [-0.4, -0.2) is 31.0 Å². The fourth-order valence-corrected chi connectivity index (χ4v) is 1.39. The third kappa shape index (κ3) is 3.69. The SMILES string of the molecule is NNC(=NCCNC(=O)C1CC1)NC1CC1. The van der Waals surface area contributed by atoms with Gasteiger partial charge >= 0.3 is 0 Å². The van der Waals surface area contributed by atoms with E-state index < -0.39 is 0 Å². The number of carbonyl (C=O) groups excluding carboxylic acids is 1. The quantitative estimate of drug-likeness (QED) is 0.160. The van der Waals surface area contributed by atoms with Gasteiger partial charge in [-0.05, 0) is 25.7 Å². The highest BCUT2D eigenvalue weighted by molar-refractivity contribution is 5.81. The molecule has 0 bridgehead atoms. The number of nitrogens with one attached hydrogen (secondary N) is 3. The summed E-state index contributed by atoms with van der Waals surface area (Å²) in [5.41, 5.74) is 2.52. The van der Waals surface area contributed by atoms with E-state index in [1.165, 1.54) is 12.8 Å². The molecule has 0 unspecified atom stereocenters. The van der Waals surface area contributed by atoms with Crippen LogP contribution in [-0.2, 0) is 4.79 Å². The first-order valence-electron chi connectivity index (χ1n) is 5.85. The number of hydrogen-bond donors (Lipinski definition) is 4. The lowest BCUT2D eigenvalue weighted by Crippen LogP contribution is -2.43. The molecule has 2 aliphatic rings. The lowest BCUT2D eigenvalue weighted by molar-refractivity contribution is -0.122. The molecule has 2 aliphatic carbocycles. The Kier molecular flexibility index (Phi) is 3.61. The van der Waals surface area contributed by atoms with Crippen molar-refractivity contribution >= 4 is 11.9 Å². The number of carbonyl (C=O) groups is 1. The minimum absolute atomic E-state index is 0.160. The van der Waals surface area contributed by atoms with Crippen LogP contribution in [0, 0.1) is 5.92 Å². The molecule has 6 heteroatoms. The smallest absolute Gasteiger partial charge is 0.223 e. The largest absolute Gasteiger partial charge is 0.354 e. The van der Waals surface area contributed by atoms with Gasteiger partial charge in [-0.25, -0.2) is 5.84 Å². The molecule has 0 radical (unpaired) electrons. The van der Waals surface area contributed by atoms with E-state index in [2.05, 4.69) is 21.1 Å². The molecule has 2 rings (SSSR count). The standard InChI is InChI=1S/C10H19N5O/c11-15-10(14-8-3-4-8)13-6-5-12-9(16)7-1-2-7/h7-8H,1-6,11H2,(H,12,16)(H2,13,14,15). The minimum Gasteiger partial charge on any atom is -0.354 e. The summed E-state index contributed by atoms with van der Waals surface area (Å²) in [7, 11) is 0. The summed E-state index contributed by atoms with van der Waals surface area (Å²) in [6, 6.07) is 0.524. The van der Waals surface area contributed by atoms with Gasteiger partial charge in [0.15, 0.2) is 0 Å². The molecular weight excluding hydrogens is 206 g/mol. The molecular formula is C10H19N5O. The van der Waals surface area contributed by atoms with Crippen LogP contribution in [0.3, 0.4) is 0 Å². The molecule has 0 heterocycles. The summed E-state index contributed by atoms with van der Waals surface area (Å²) < 4.78 is 0. The molecule has 5 N–H and O–H groups in total. The van der Waals surface area contributed by atoms with Crippen molar-refractivity contribution < 1.29 is 4.79 Å². The summed E-state index contributed by atoms with van der Waals surface area (Å²) in [6.07, 6.45) is 4.43. The van der Waals surface area contributed by atoms with Crippen LogP contribution >= 0.6 is 0 Å². The van der Waals surface area contributed by atoms with E-state index in [0.717, 1.165) is 12.8 Å². The number of guanidine groups is 1. The van der Waals surface area contributed by atoms with Gasteiger partial charge in [-0.15, -0.1) is 0 Å². The molecule has 2 fully saturated rings. The van der Waals surface area contributed by atoms with Gasteiger partial charge in [0, 0.05) is 18.5 Å². The molecule has 0 aromatic carbocycles. The third-order valence-electron chi connectivity index (χ3n) is 2.68. The monoisotopic (exact) mass is 225 g/mol. The van der Waals surface area contributed by atoms with E-state index in [4.69, 9.17) is 5.84 Å². The summed E-state index contributed by atoms with van der Waals surface area (Å²) >= 11 is 0. The molecule has 0 aliphatic heterocycles. The van der Waals surface area contributed by atoms with Gasteiger partial charge in [0.05, 0.1) is 6.54 Å². The number of hydrazine groups is 1. The number of aliphatic imine (C=N–C) groups is 1. The average molecular weight is 225 g/mol. The fraction of sp³-hybridized carbons (Fsp3) is 0.800. The van der Waals surface area contributed by atoms with Crippen LogP contribution in [0.4, 0.5) is 0 Å². The maximum atomic E-state index is 11.3. The number of nitrogens with two attached hydrogens (primary N) is 1. The van der Waals surface area contributed by atoms with E-state index in [-0.39, 0.29) is 11.8 Å². The zero-order valence-electron chi connectivity index (χ0n) is 9.33. The van der Waals surface area contributed by atoms with Gasteiger partial charge in [-0.1, -0.05) is 0 Å². The predicted molar refractivity (Wildman–Crippen MR) is 61.5 cm³/mol. The van der Waals surface area contributed by atoms with Gasteiger partial charge in [0.25, 0.3) is 0 Å². The summed E-state index contributed by atoms with van der Waals surface area (Å²) in [6.45, 7) is 1.13. The first-order valence-corrected chi connectivity index (χ1v) is 5.85. The Morgan fingerprint density at radius 2 is 2.06 bits per heavy atom. The molecule has 0 aromatic rings. The van der Waals surface area contributed by atoms with E-state index in [1.54, 1.807) is 0 Å². The second-order valence-corrected chi connectivity index (χ2v) is 4.36. The molecule has 0 saturated heterocycles. The van der Waals surface area contributed by atoms with Crippen LogP contribution in [0.2, 0.25) is 0 Å². The van der Waals surface area contributed by atoms with E-state index in [9.17, 15) is 4.79 Å². The van der Waals surface area contributed by atoms with Gasteiger partial charge in [-0.2, -0.15) is 0 Å². The van der Waals surface area contributed by atoms with Gasteiger partial charge in [0.1, 0.15) is 0 Å². The zero-order chi connectivity index (χ0) is 11.4. The Hall–Kier alpha value is -1.30. The number of rotatable bonds is 5. The average Bonchev–Trinajstić information content (AvgIpc) is 3.15. The van der Waals surface area contributed by atoms with Crippen molar-refractivity contribution in [3.63, 3.8) is 0 Å². The summed E-state index contributed by atoms with van der Waals surface area (Å²) in [5.74, 6) is 6.36.